The summed E-state index contributed by atoms with van der Waals surface area (Å²) in [5, 5.41) is 18.2. The number of carbonyl (C=O) groups is 3. The Morgan fingerprint density at radius 1 is 1.17 bits per heavy atom. The van der Waals surface area contributed by atoms with Gasteiger partial charge in [0, 0.05) is 19.4 Å². The molecule has 10 heteroatoms. The van der Waals surface area contributed by atoms with E-state index in [1.165, 1.54) is 4.90 Å². The molecule has 166 valence electrons. The van der Waals surface area contributed by atoms with Gasteiger partial charge in [-0.2, -0.15) is 0 Å². The lowest BCUT2D eigenvalue weighted by molar-refractivity contribution is -0.148. The molecule has 0 spiro atoms. The minimum atomic E-state index is -1.21. The minimum Gasteiger partial charge on any atom is -0.480 e. The zero-order chi connectivity index (χ0) is 22.1. The van der Waals surface area contributed by atoms with E-state index >= 15 is 0 Å². The summed E-state index contributed by atoms with van der Waals surface area (Å²) in [6.07, 6.45) is -0.503. The standard InChI is InChI=1S/C20H27FN2O7/c21-7-8-29-11-13-1-3-14(4-2-13)12-30-15-9-17(20(27)28)23(10-15)18(24)6-5-16(22)19(25)26/h1-4,15-17H,5-12,22H2,(H,25,26)(H,27,28). The predicted octanol–water partition coefficient (Wildman–Crippen LogP) is 0.935. The maximum Gasteiger partial charge on any atom is 0.326 e. The molecule has 1 fully saturated rings. The Bertz CT molecular complexity index is 728. The average molecular weight is 426 g/mol. The Balaban J connectivity index is 1.86. The van der Waals surface area contributed by atoms with Crippen molar-refractivity contribution < 1.29 is 38.5 Å². The maximum absolute atomic E-state index is 12.4. The Kier molecular flexibility index (Phi) is 9.15. The zero-order valence-corrected chi connectivity index (χ0v) is 16.5. The van der Waals surface area contributed by atoms with Crippen LogP contribution in [0.25, 0.3) is 0 Å². The number of alkyl halides is 1. The van der Waals surface area contributed by atoms with Gasteiger partial charge in [-0.05, 0) is 17.5 Å². The summed E-state index contributed by atoms with van der Waals surface area (Å²) in [5.74, 6) is -2.79. The van der Waals surface area contributed by atoms with Gasteiger partial charge < -0.3 is 30.3 Å². The van der Waals surface area contributed by atoms with Crippen molar-refractivity contribution in [2.45, 2.75) is 50.7 Å². The summed E-state index contributed by atoms with van der Waals surface area (Å²) >= 11 is 0. The summed E-state index contributed by atoms with van der Waals surface area (Å²) < 4.78 is 23.0. The van der Waals surface area contributed by atoms with Crippen LogP contribution in [0.2, 0.25) is 0 Å². The molecular formula is C20H27FN2O7. The number of halogens is 1. The van der Waals surface area contributed by atoms with E-state index in [0.717, 1.165) is 11.1 Å². The number of benzene rings is 1. The van der Waals surface area contributed by atoms with Crippen molar-refractivity contribution in [3.63, 3.8) is 0 Å². The molecule has 0 bridgehead atoms. The molecule has 2 rings (SSSR count). The van der Waals surface area contributed by atoms with E-state index in [1.807, 2.05) is 24.3 Å². The maximum atomic E-state index is 12.4. The highest BCUT2D eigenvalue weighted by atomic mass is 19.1. The predicted molar refractivity (Wildman–Crippen MR) is 103 cm³/mol. The van der Waals surface area contributed by atoms with Crippen LogP contribution < -0.4 is 5.73 Å². The van der Waals surface area contributed by atoms with Gasteiger partial charge in [-0.15, -0.1) is 0 Å². The quantitative estimate of drug-likeness (QED) is 0.420. The highest BCUT2D eigenvalue weighted by molar-refractivity contribution is 5.85. The van der Waals surface area contributed by atoms with E-state index in [0.29, 0.717) is 6.61 Å². The number of hydrogen-bond donors (Lipinski definition) is 3. The number of nitrogens with two attached hydrogens (primary N) is 1. The van der Waals surface area contributed by atoms with E-state index in [1.54, 1.807) is 0 Å². The van der Waals surface area contributed by atoms with Gasteiger partial charge in [0.1, 0.15) is 18.8 Å². The number of carboxylic acid groups (broad SMARTS) is 2. The highest BCUT2D eigenvalue weighted by Crippen LogP contribution is 2.23. The number of rotatable bonds is 12. The molecular weight excluding hydrogens is 399 g/mol. The van der Waals surface area contributed by atoms with Gasteiger partial charge in [0.05, 0.1) is 25.9 Å². The van der Waals surface area contributed by atoms with Crippen molar-refractivity contribution >= 4 is 17.8 Å². The summed E-state index contributed by atoms with van der Waals surface area (Å²) in [6, 6.07) is 5.18. The molecule has 9 nitrogen and oxygen atoms in total. The zero-order valence-electron chi connectivity index (χ0n) is 16.5. The Morgan fingerprint density at radius 3 is 2.37 bits per heavy atom. The number of carbonyl (C=O) groups excluding carboxylic acids is 1. The molecule has 0 radical (unpaired) electrons. The lowest BCUT2D eigenvalue weighted by atomic mass is 10.1. The molecule has 1 aromatic rings. The van der Waals surface area contributed by atoms with Crippen LogP contribution in [-0.2, 0) is 37.1 Å². The number of carboxylic acids is 2. The first kappa shape index (κ1) is 23.7. The molecule has 4 N–H and O–H groups in total. The fourth-order valence-electron chi connectivity index (χ4n) is 3.16. The number of aliphatic carboxylic acids is 2. The van der Waals surface area contributed by atoms with Crippen molar-refractivity contribution in [3.05, 3.63) is 35.4 Å². The van der Waals surface area contributed by atoms with Gasteiger partial charge in [0.25, 0.3) is 0 Å². The second-order valence-corrected chi connectivity index (χ2v) is 7.11. The number of hydrogen-bond acceptors (Lipinski definition) is 6. The van der Waals surface area contributed by atoms with Gasteiger partial charge in [-0.1, -0.05) is 24.3 Å². The number of likely N-dealkylation sites (tertiary alicyclic amines) is 1. The molecule has 0 saturated carbocycles. The van der Waals surface area contributed by atoms with E-state index < -0.39 is 42.7 Å². The highest BCUT2D eigenvalue weighted by Gasteiger charge is 2.40. The fraction of sp³-hybridized carbons (Fsp3) is 0.550. The Hall–Kier alpha value is -2.56. The van der Waals surface area contributed by atoms with Crippen molar-refractivity contribution in [2.75, 3.05) is 19.8 Å². The topological polar surface area (TPSA) is 139 Å². The molecule has 1 aliphatic heterocycles. The number of nitrogens with zero attached hydrogens (tertiary/aromatic N) is 1. The monoisotopic (exact) mass is 426 g/mol. The molecule has 1 aromatic carbocycles. The first-order valence-corrected chi connectivity index (χ1v) is 9.65. The first-order valence-electron chi connectivity index (χ1n) is 9.65. The van der Waals surface area contributed by atoms with Crippen LogP contribution in [0.3, 0.4) is 0 Å². The van der Waals surface area contributed by atoms with Gasteiger partial charge in [0.2, 0.25) is 5.91 Å². The van der Waals surface area contributed by atoms with E-state index in [9.17, 15) is 23.9 Å². The lowest BCUT2D eigenvalue weighted by Gasteiger charge is -2.21. The van der Waals surface area contributed by atoms with Crippen molar-refractivity contribution in [1.29, 1.82) is 0 Å². The second-order valence-electron chi connectivity index (χ2n) is 7.11. The van der Waals surface area contributed by atoms with Gasteiger partial charge >= 0.3 is 11.9 Å². The first-order chi connectivity index (χ1) is 14.3. The van der Waals surface area contributed by atoms with Crippen molar-refractivity contribution in [1.82, 2.24) is 4.90 Å². The third kappa shape index (κ3) is 7.05. The number of ether oxygens (including phenoxy) is 2. The average Bonchev–Trinajstić information content (AvgIpc) is 3.16. The smallest absolute Gasteiger partial charge is 0.326 e. The van der Waals surface area contributed by atoms with Gasteiger partial charge in [-0.3, -0.25) is 9.59 Å². The minimum absolute atomic E-state index is 0.0503. The summed E-state index contributed by atoms with van der Waals surface area (Å²) in [6.45, 7) is 0.198. The lowest BCUT2D eigenvalue weighted by Crippen LogP contribution is -2.41. The molecule has 1 amide bonds. The van der Waals surface area contributed by atoms with E-state index in [4.69, 9.17) is 20.3 Å². The van der Waals surface area contributed by atoms with Crippen LogP contribution in [0.5, 0.6) is 0 Å². The third-order valence-corrected chi connectivity index (χ3v) is 4.85. The molecule has 0 aliphatic carbocycles. The van der Waals surface area contributed by atoms with Crippen molar-refractivity contribution in [3.8, 4) is 0 Å². The number of amides is 1. The molecule has 1 aliphatic rings. The molecule has 1 saturated heterocycles. The Labute approximate surface area is 173 Å². The van der Waals surface area contributed by atoms with Crippen LogP contribution in [0, 0.1) is 0 Å². The third-order valence-electron chi connectivity index (χ3n) is 4.85. The molecule has 3 atom stereocenters. The fourth-order valence-corrected chi connectivity index (χ4v) is 3.16. The SMILES string of the molecule is NC(CCC(=O)N1CC(OCc2ccc(COCCF)cc2)CC1C(=O)O)C(=O)O. The van der Waals surface area contributed by atoms with Crippen LogP contribution >= 0.6 is 0 Å². The van der Waals surface area contributed by atoms with Crippen LogP contribution in [-0.4, -0.2) is 71.0 Å². The van der Waals surface area contributed by atoms with Crippen LogP contribution in [0.1, 0.15) is 30.4 Å². The summed E-state index contributed by atoms with van der Waals surface area (Å²) in [4.78, 5) is 35.9. The van der Waals surface area contributed by atoms with Crippen LogP contribution in [0.15, 0.2) is 24.3 Å². The molecule has 3 unspecified atom stereocenters. The molecule has 30 heavy (non-hydrogen) atoms. The second kappa shape index (κ2) is 11.6. The summed E-state index contributed by atoms with van der Waals surface area (Å²) in [7, 11) is 0. The normalized spacial score (nSPS) is 19.6. The molecule has 1 heterocycles. The van der Waals surface area contributed by atoms with Crippen molar-refractivity contribution in [2.24, 2.45) is 5.73 Å². The van der Waals surface area contributed by atoms with Crippen LogP contribution in [0.4, 0.5) is 4.39 Å². The summed E-state index contributed by atoms with van der Waals surface area (Å²) in [5.41, 5.74) is 7.17. The van der Waals surface area contributed by atoms with E-state index in [2.05, 4.69) is 0 Å². The Morgan fingerprint density at radius 2 is 1.80 bits per heavy atom. The van der Waals surface area contributed by atoms with Gasteiger partial charge in [0.15, 0.2) is 0 Å². The van der Waals surface area contributed by atoms with Gasteiger partial charge in [-0.25, -0.2) is 9.18 Å². The molecule has 0 aromatic heterocycles. The largest absolute Gasteiger partial charge is 0.480 e. The van der Waals surface area contributed by atoms with E-state index in [-0.39, 0.29) is 39.0 Å².